The van der Waals surface area contributed by atoms with Gasteiger partial charge in [0.05, 0.1) is 29.6 Å². The Morgan fingerprint density at radius 1 is 1.10 bits per heavy atom. The third-order valence-corrected chi connectivity index (χ3v) is 8.56. The molecule has 0 atom stereocenters. The van der Waals surface area contributed by atoms with Gasteiger partial charge in [-0.3, -0.25) is 14.4 Å². The average Bonchev–Trinajstić information content (AvgIpc) is 3.36. The SMILES string of the molecule is CCNc1cc2c(cn1)c(-c1ccc(CN3CC(C)(C#N)C3)cc1)nn2C1CCC(COc2ccc(=O)n(C)n2)CC1. The Labute approximate surface area is 245 Å². The van der Waals surface area contributed by atoms with E-state index in [0.717, 1.165) is 79.8 Å². The van der Waals surface area contributed by atoms with Crippen molar-refractivity contribution >= 4 is 16.7 Å². The highest BCUT2D eigenvalue weighted by Crippen LogP contribution is 2.38. The number of nitrogens with zero attached hydrogens (tertiary/aromatic N) is 7. The van der Waals surface area contributed by atoms with Crippen LogP contribution in [0.25, 0.3) is 22.2 Å². The Morgan fingerprint density at radius 2 is 1.86 bits per heavy atom. The van der Waals surface area contributed by atoms with Crippen LogP contribution in [-0.4, -0.2) is 55.7 Å². The quantitative estimate of drug-likeness (QED) is 0.308. The lowest BCUT2D eigenvalue weighted by atomic mass is 9.83. The van der Waals surface area contributed by atoms with Gasteiger partial charge in [0.2, 0.25) is 5.88 Å². The minimum Gasteiger partial charge on any atom is -0.476 e. The van der Waals surface area contributed by atoms with E-state index in [2.05, 4.69) is 68.3 Å². The van der Waals surface area contributed by atoms with Crippen LogP contribution in [0, 0.1) is 22.7 Å². The molecule has 218 valence electrons. The van der Waals surface area contributed by atoms with Gasteiger partial charge in [0, 0.05) is 68.6 Å². The van der Waals surface area contributed by atoms with Crippen molar-refractivity contribution in [2.24, 2.45) is 18.4 Å². The van der Waals surface area contributed by atoms with Gasteiger partial charge >= 0.3 is 0 Å². The summed E-state index contributed by atoms with van der Waals surface area (Å²) in [5.41, 5.74) is 4.02. The minimum absolute atomic E-state index is 0.145. The van der Waals surface area contributed by atoms with E-state index in [9.17, 15) is 10.1 Å². The van der Waals surface area contributed by atoms with E-state index in [-0.39, 0.29) is 11.0 Å². The van der Waals surface area contributed by atoms with E-state index in [1.54, 1.807) is 13.1 Å². The molecule has 0 spiro atoms. The molecule has 0 bridgehead atoms. The summed E-state index contributed by atoms with van der Waals surface area (Å²) in [4.78, 5) is 18.6. The molecule has 0 amide bonds. The van der Waals surface area contributed by atoms with Crippen LogP contribution in [0.1, 0.15) is 51.1 Å². The summed E-state index contributed by atoms with van der Waals surface area (Å²) in [6.07, 6.45) is 6.05. The largest absolute Gasteiger partial charge is 0.476 e. The predicted octanol–water partition coefficient (Wildman–Crippen LogP) is 4.78. The third-order valence-electron chi connectivity index (χ3n) is 8.56. The first-order chi connectivity index (χ1) is 20.3. The number of benzene rings is 1. The summed E-state index contributed by atoms with van der Waals surface area (Å²) < 4.78 is 9.45. The minimum atomic E-state index is -0.212. The molecule has 6 rings (SSSR count). The predicted molar refractivity (Wildman–Crippen MR) is 162 cm³/mol. The van der Waals surface area contributed by atoms with Gasteiger partial charge < -0.3 is 10.1 Å². The van der Waals surface area contributed by atoms with Gasteiger partial charge in [0.25, 0.3) is 5.56 Å². The summed E-state index contributed by atoms with van der Waals surface area (Å²) >= 11 is 0. The van der Waals surface area contributed by atoms with Gasteiger partial charge in [-0.2, -0.15) is 10.4 Å². The van der Waals surface area contributed by atoms with Crippen molar-refractivity contribution in [2.75, 3.05) is 31.6 Å². The summed E-state index contributed by atoms with van der Waals surface area (Å²) in [5.74, 6) is 1.78. The third kappa shape index (κ3) is 5.74. The van der Waals surface area contributed by atoms with Crippen molar-refractivity contribution in [1.82, 2.24) is 29.4 Å². The van der Waals surface area contributed by atoms with Crippen molar-refractivity contribution in [1.29, 1.82) is 5.26 Å². The van der Waals surface area contributed by atoms with Crippen molar-refractivity contribution in [3.8, 4) is 23.2 Å². The number of nitriles is 1. The first kappa shape index (κ1) is 27.9. The molecule has 1 aliphatic carbocycles. The van der Waals surface area contributed by atoms with Crippen LogP contribution in [0.3, 0.4) is 0 Å². The van der Waals surface area contributed by atoms with Gasteiger partial charge in [-0.1, -0.05) is 24.3 Å². The standard InChI is InChI=1S/C32H38N8O2/c1-4-34-28-15-27-26(16-35-28)31(24-9-5-22(6-10-24)17-39-20-32(2,19-33)21-39)37-40(27)25-11-7-23(8-12-25)18-42-29-13-14-30(41)38(3)36-29/h5-6,9-10,13-16,23,25H,4,7-8,11-12,17-18,20-21H2,1-3H3,(H,34,35). The smallest absolute Gasteiger partial charge is 0.266 e. The van der Waals surface area contributed by atoms with Crippen LogP contribution in [0.4, 0.5) is 5.82 Å². The molecule has 10 heteroatoms. The molecule has 1 aromatic carbocycles. The van der Waals surface area contributed by atoms with E-state index >= 15 is 0 Å². The number of fused-ring (bicyclic) bond motifs is 1. The molecule has 4 heterocycles. The molecule has 1 saturated carbocycles. The maximum Gasteiger partial charge on any atom is 0.266 e. The molecule has 0 radical (unpaired) electrons. The van der Waals surface area contributed by atoms with Crippen LogP contribution >= 0.6 is 0 Å². The van der Waals surface area contributed by atoms with Gasteiger partial charge in [-0.15, -0.1) is 5.10 Å². The zero-order chi connectivity index (χ0) is 29.3. The molecule has 1 aliphatic heterocycles. The monoisotopic (exact) mass is 566 g/mol. The first-order valence-electron chi connectivity index (χ1n) is 14.9. The highest BCUT2D eigenvalue weighted by molar-refractivity contribution is 5.94. The zero-order valence-electron chi connectivity index (χ0n) is 24.6. The Bertz CT molecular complexity index is 1650. The van der Waals surface area contributed by atoms with Crippen molar-refractivity contribution in [2.45, 2.75) is 52.1 Å². The number of likely N-dealkylation sites (tertiary alicyclic amines) is 1. The molecule has 42 heavy (non-hydrogen) atoms. The van der Waals surface area contributed by atoms with Crippen molar-refractivity contribution in [3.63, 3.8) is 0 Å². The second-order valence-corrected chi connectivity index (χ2v) is 12.0. The Hall–Kier alpha value is -4.23. The fourth-order valence-electron chi connectivity index (χ4n) is 6.27. The fraction of sp³-hybridized carbons (Fsp3) is 0.469. The molecular formula is C32H38N8O2. The van der Waals surface area contributed by atoms with Gasteiger partial charge in [-0.25, -0.2) is 9.67 Å². The van der Waals surface area contributed by atoms with E-state index in [1.165, 1.54) is 16.3 Å². The van der Waals surface area contributed by atoms with Crippen LogP contribution in [0.5, 0.6) is 5.88 Å². The second-order valence-electron chi connectivity index (χ2n) is 12.0. The van der Waals surface area contributed by atoms with Gasteiger partial charge in [0.1, 0.15) is 11.5 Å². The highest BCUT2D eigenvalue weighted by Gasteiger charge is 2.38. The second kappa shape index (κ2) is 11.6. The average molecular weight is 567 g/mol. The molecule has 4 aromatic rings. The molecule has 2 aliphatic rings. The van der Waals surface area contributed by atoms with Crippen LogP contribution in [-0.2, 0) is 13.6 Å². The lowest BCUT2D eigenvalue weighted by molar-refractivity contribution is 0.0530. The first-order valence-corrected chi connectivity index (χ1v) is 14.9. The fourth-order valence-corrected chi connectivity index (χ4v) is 6.27. The summed E-state index contributed by atoms with van der Waals surface area (Å²) in [6.45, 7) is 7.99. The molecule has 2 fully saturated rings. The Balaban J connectivity index is 1.17. The van der Waals surface area contributed by atoms with E-state index < -0.39 is 0 Å². The van der Waals surface area contributed by atoms with Crippen LogP contribution in [0.15, 0.2) is 53.5 Å². The van der Waals surface area contributed by atoms with Gasteiger partial charge in [-0.05, 0) is 51.0 Å². The zero-order valence-corrected chi connectivity index (χ0v) is 24.6. The number of hydrogen-bond donors (Lipinski definition) is 1. The molecule has 10 nitrogen and oxygen atoms in total. The lowest BCUT2D eigenvalue weighted by Crippen LogP contribution is -2.53. The van der Waals surface area contributed by atoms with Crippen LogP contribution in [0.2, 0.25) is 0 Å². The number of pyridine rings is 1. The molecule has 0 unspecified atom stereocenters. The topological polar surface area (TPSA) is 114 Å². The normalized spacial score (nSPS) is 20.1. The lowest BCUT2D eigenvalue weighted by Gasteiger charge is -2.43. The maximum absolute atomic E-state index is 11.6. The number of anilines is 1. The Morgan fingerprint density at radius 3 is 2.55 bits per heavy atom. The van der Waals surface area contributed by atoms with Gasteiger partial charge in [0.15, 0.2) is 0 Å². The number of hydrogen-bond acceptors (Lipinski definition) is 8. The van der Waals surface area contributed by atoms with Crippen LogP contribution < -0.4 is 15.6 Å². The summed E-state index contributed by atoms with van der Waals surface area (Å²) in [7, 11) is 1.63. The summed E-state index contributed by atoms with van der Waals surface area (Å²) in [6, 6.07) is 16.6. The molecular weight excluding hydrogens is 528 g/mol. The number of rotatable bonds is 9. The molecule has 1 saturated heterocycles. The molecule has 3 aromatic heterocycles. The Kier molecular flexibility index (Phi) is 7.69. The number of ether oxygens (including phenoxy) is 1. The van der Waals surface area contributed by atoms with E-state index in [1.807, 2.05) is 13.1 Å². The number of nitrogens with one attached hydrogen (secondary N) is 1. The maximum atomic E-state index is 11.6. The van der Waals surface area contributed by atoms with E-state index in [4.69, 9.17) is 9.84 Å². The summed E-state index contributed by atoms with van der Waals surface area (Å²) in [5, 5.41) is 23.1. The number of aromatic nitrogens is 5. The van der Waals surface area contributed by atoms with Crippen molar-refractivity contribution in [3.05, 3.63) is 64.6 Å². The molecule has 1 N–H and O–H groups in total. The number of aryl methyl sites for hydroxylation is 1. The highest BCUT2D eigenvalue weighted by atomic mass is 16.5. The van der Waals surface area contributed by atoms with E-state index in [0.29, 0.717) is 24.4 Å². The van der Waals surface area contributed by atoms with Crippen molar-refractivity contribution < 1.29 is 4.74 Å².